The van der Waals surface area contributed by atoms with Gasteiger partial charge < -0.3 is 5.32 Å². The molecule has 1 heterocycles. The Morgan fingerprint density at radius 2 is 2.00 bits per heavy atom. The zero-order chi connectivity index (χ0) is 14.6. The SMILES string of the molecule is CCCNCc1ccc(S(=O)(=O)N2CCCC2)c(Br)c1. The number of benzene rings is 1. The summed E-state index contributed by atoms with van der Waals surface area (Å²) in [6.45, 7) is 5.11. The van der Waals surface area contributed by atoms with E-state index in [1.54, 1.807) is 10.4 Å². The normalized spacial score (nSPS) is 16.7. The Morgan fingerprint density at radius 1 is 1.30 bits per heavy atom. The molecule has 4 nitrogen and oxygen atoms in total. The molecule has 0 unspecified atom stereocenters. The molecule has 0 saturated carbocycles. The van der Waals surface area contributed by atoms with Crippen LogP contribution in [-0.4, -0.2) is 32.4 Å². The molecule has 0 bridgehead atoms. The minimum absolute atomic E-state index is 0.374. The lowest BCUT2D eigenvalue weighted by molar-refractivity contribution is 0.477. The second-order valence-corrected chi connectivity index (χ2v) is 7.81. The van der Waals surface area contributed by atoms with E-state index in [1.807, 2.05) is 12.1 Å². The largest absolute Gasteiger partial charge is 0.313 e. The molecule has 0 aliphatic carbocycles. The van der Waals surface area contributed by atoms with Crippen molar-refractivity contribution in [1.29, 1.82) is 0 Å². The Labute approximate surface area is 129 Å². The zero-order valence-corrected chi connectivity index (χ0v) is 14.1. The van der Waals surface area contributed by atoms with Gasteiger partial charge in [-0.3, -0.25) is 0 Å². The molecule has 1 aliphatic heterocycles. The average molecular weight is 361 g/mol. The van der Waals surface area contributed by atoms with Crippen molar-refractivity contribution in [3.63, 3.8) is 0 Å². The third-order valence-electron chi connectivity index (χ3n) is 3.44. The van der Waals surface area contributed by atoms with E-state index in [0.29, 0.717) is 22.5 Å². The van der Waals surface area contributed by atoms with Gasteiger partial charge in [-0.15, -0.1) is 0 Å². The van der Waals surface area contributed by atoms with Crippen LogP contribution in [0.2, 0.25) is 0 Å². The van der Waals surface area contributed by atoms with Crippen molar-refractivity contribution in [2.75, 3.05) is 19.6 Å². The summed E-state index contributed by atoms with van der Waals surface area (Å²) in [5.41, 5.74) is 1.09. The highest BCUT2D eigenvalue weighted by Crippen LogP contribution is 2.28. The Balaban J connectivity index is 2.16. The van der Waals surface area contributed by atoms with Crippen molar-refractivity contribution in [2.24, 2.45) is 0 Å². The highest BCUT2D eigenvalue weighted by Gasteiger charge is 2.28. The van der Waals surface area contributed by atoms with Crippen molar-refractivity contribution in [3.8, 4) is 0 Å². The van der Waals surface area contributed by atoms with Crippen molar-refractivity contribution in [3.05, 3.63) is 28.2 Å². The van der Waals surface area contributed by atoms with Crippen molar-refractivity contribution >= 4 is 26.0 Å². The Kier molecular flexibility index (Phi) is 5.60. The predicted molar refractivity (Wildman–Crippen MR) is 84.1 cm³/mol. The summed E-state index contributed by atoms with van der Waals surface area (Å²) in [4.78, 5) is 0.374. The van der Waals surface area contributed by atoms with Crippen LogP contribution in [-0.2, 0) is 16.6 Å². The highest BCUT2D eigenvalue weighted by atomic mass is 79.9. The van der Waals surface area contributed by atoms with Gasteiger partial charge in [-0.1, -0.05) is 13.0 Å². The first-order valence-electron chi connectivity index (χ1n) is 7.05. The van der Waals surface area contributed by atoms with Crippen molar-refractivity contribution in [2.45, 2.75) is 37.6 Å². The van der Waals surface area contributed by atoms with Gasteiger partial charge in [-0.05, 0) is 59.4 Å². The minimum atomic E-state index is -3.35. The number of hydrogen-bond donors (Lipinski definition) is 1. The summed E-state index contributed by atoms with van der Waals surface area (Å²) < 4.78 is 27.2. The van der Waals surface area contributed by atoms with Gasteiger partial charge in [0, 0.05) is 24.1 Å². The van der Waals surface area contributed by atoms with E-state index in [4.69, 9.17) is 0 Å². The maximum atomic E-state index is 12.5. The number of nitrogens with one attached hydrogen (secondary N) is 1. The van der Waals surface area contributed by atoms with Crippen LogP contribution in [0, 0.1) is 0 Å². The first-order valence-corrected chi connectivity index (χ1v) is 9.28. The molecule has 1 aromatic carbocycles. The molecule has 0 aromatic heterocycles. The monoisotopic (exact) mass is 360 g/mol. The second-order valence-electron chi connectivity index (χ2n) is 5.05. The lowest BCUT2D eigenvalue weighted by Crippen LogP contribution is -2.28. The molecule has 112 valence electrons. The first kappa shape index (κ1) is 15.9. The van der Waals surface area contributed by atoms with Crippen LogP contribution in [0.3, 0.4) is 0 Å². The number of sulfonamides is 1. The fraction of sp³-hybridized carbons (Fsp3) is 0.571. The smallest absolute Gasteiger partial charge is 0.244 e. The van der Waals surface area contributed by atoms with Crippen LogP contribution < -0.4 is 5.32 Å². The average Bonchev–Trinajstić information content (AvgIpc) is 2.93. The van der Waals surface area contributed by atoms with Gasteiger partial charge in [0.1, 0.15) is 0 Å². The predicted octanol–water partition coefficient (Wildman–Crippen LogP) is 2.73. The third-order valence-corrected chi connectivity index (χ3v) is 6.31. The maximum Gasteiger partial charge on any atom is 0.244 e. The molecule has 1 N–H and O–H groups in total. The van der Waals surface area contributed by atoms with Gasteiger partial charge in [-0.2, -0.15) is 4.31 Å². The van der Waals surface area contributed by atoms with E-state index in [-0.39, 0.29) is 0 Å². The molecular weight excluding hydrogens is 340 g/mol. The van der Waals surface area contributed by atoms with E-state index in [9.17, 15) is 8.42 Å². The third kappa shape index (κ3) is 3.61. The summed E-state index contributed by atoms with van der Waals surface area (Å²) in [6, 6.07) is 5.49. The van der Waals surface area contributed by atoms with E-state index < -0.39 is 10.0 Å². The van der Waals surface area contributed by atoms with Gasteiger partial charge in [0.2, 0.25) is 10.0 Å². The molecule has 2 rings (SSSR count). The van der Waals surface area contributed by atoms with Crippen LogP contribution in [0.1, 0.15) is 31.7 Å². The topological polar surface area (TPSA) is 49.4 Å². The second kappa shape index (κ2) is 7.02. The zero-order valence-electron chi connectivity index (χ0n) is 11.7. The summed E-state index contributed by atoms with van der Waals surface area (Å²) in [6.07, 6.45) is 2.99. The fourth-order valence-corrected chi connectivity index (χ4v) is 4.94. The number of hydrogen-bond acceptors (Lipinski definition) is 3. The molecule has 0 atom stereocenters. The molecule has 1 saturated heterocycles. The molecule has 0 radical (unpaired) electrons. The Morgan fingerprint density at radius 3 is 2.60 bits per heavy atom. The van der Waals surface area contributed by atoms with Gasteiger partial charge in [0.15, 0.2) is 0 Å². The van der Waals surface area contributed by atoms with Crippen molar-refractivity contribution < 1.29 is 8.42 Å². The molecule has 1 fully saturated rings. The summed E-state index contributed by atoms with van der Waals surface area (Å²) in [5, 5.41) is 3.31. The van der Waals surface area contributed by atoms with Crippen molar-refractivity contribution in [1.82, 2.24) is 9.62 Å². The maximum absolute atomic E-state index is 12.5. The summed E-state index contributed by atoms with van der Waals surface area (Å²) in [5.74, 6) is 0. The first-order chi connectivity index (χ1) is 9.55. The van der Waals surface area contributed by atoms with Crippen LogP contribution in [0.5, 0.6) is 0 Å². The van der Waals surface area contributed by atoms with Gasteiger partial charge in [0.05, 0.1) is 4.90 Å². The van der Waals surface area contributed by atoms with Gasteiger partial charge in [-0.25, -0.2) is 8.42 Å². The molecule has 1 aromatic rings. The number of halogens is 1. The molecule has 0 spiro atoms. The molecule has 1 aliphatic rings. The fourth-order valence-electron chi connectivity index (χ4n) is 2.34. The Bertz CT molecular complexity index is 554. The number of rotatable bonds is 6. The molecule has 0 amide bonds. The van der Waals surface area contributed by atoms with E-state index in [2.05, 4.69) is 28.2 Å². The number of nitrogens with zero attached hydrogens (tertiary/aromatic N) is 1. The lowest BCUT2D eigenvalue weighted by Gasteiger charge is -2.17. The van der Waals surface area contributed by atoms with E-state index in [1.165, 1.54) is 0 Å². The van der Waals surface area contributed by atoms with Gasteiger partial charge in [0.25, 0.3) is 0 Å². The standard InChI is InChI=1S/C14H21BrN2O2S/c1-2-7-16-11-12-5-6-14(13(15)10-12)20(18,19)17-8-3-4-9-17/h5-6,10,16H,2-4,7-9,11H2,1H3. The van der Waals surface area contributed by atoms with E-state index in [0.717, 1.165) is 37.9 Å². The molecule has 6 heteroatoms. The lowest BCUT2D eigenvalue weighted by atomic mass is 10.2. The van der Waals surface area contributed by atoms with E-state index >= 15 is 0 Å². The van der Waals surface area contributed by atoms with Crippen LogP contribution in [0.4, 0.5) is 0 Å². The quantitative estimate of drug-likeness (QED) is 0.793. The van der Waals surface area contributed by atoms with Gasteiger partial charge >= 0.3 is 0 Å². The van der Waals surface area contributed by atoms with Crippen LogP contribution in [0.15, 0.2) is 27.6 Å². The summed E-state index contributed by atoms with van der Waals surface area (Å²) >= 11 is 3.41. The highest BCUT2D eigenvalue weighted by molar-refractivity contribution is 9.10. The van der Waals surface area contributed by atoms with Crippen LogP contribution >= 0.6 is 15.9 Å². The minimum Gasteiger partial charge on any atom is -0.313 e. The molecule has 20 heavy (non-hydrogen) atoms. The Hall–Kier alpha value is -0.430. The van der Waals surface area contributed by atoms with Crippen LogP contribution in [0.25, 0.3) is 0 Å². The summed E-state index contributed by atoms with van der Waals surface area (Å²) in [7, 11) is -3.35. The molecular formula is C14H21BrN2O2S.